The van der Waals surface area contributed by atoms with Crippen LogP contribution in [0, 0.1) is 5.92 Å². The van der Waals surface area contributed by atoms with E-state index < -0.39 is 6.10 Å². The van der Waals surface area contributed by atoms with Gasteiger partial charge >= 0.3 is 6.03 Å². The number of rotatable bonds is 5. The van der Waals surface area contributed by atoms with E-state index >= 15 is 0 Å². The topological polar surface area (TPSA) is 100 Å². The molecule has 0 aliphatic heterocycles. The molecule has 7 heteroatoms. The van der Waals surface area contributed by atoms with Gasteiger partial charge in [-0.05, 0) is 30.2 Å². The predicted molar refractivity (Wildman–Crippen MR) is 95.1 cm³/mol. The number of hydrogen-bond donors (Lipinski definition) is 3. The summed E-state index contributed by atoms with van der Waals surface area (Å²) in [5.74, 6) is 0.508. The van der Waals surface area contributed by atoms with Gasteiger partial charge < -0.3 is 20.2 Å². The number of aromatic nitrogens is 2. The molecule has 0 spiro atoms. The zero-order chi connectivity index (χ0) is 17.8. The number of amides is 2. The second-order valence-corrected chi connectivity index (χ2v) is 6.06. The molecule has 2 aromatic heterocycles. The number of aliphatic hydroxyl groups is 1. The molecule has 0 aliphatic carbocycles. The number of anilines is 1. The highest BCUT2D eigenvalue weighted by Crippen LogP contribution is 2.25. The van der Waals surface area contributed by atoms with Gasteiger partial charge in [0, 0.05) is 24.5 Å². The highest BCUT2D eigenvalue weighted by molar-refractivity contribution is 5.91. The lowest BCUT2D eigenvalue weighted by Crippen LogP contribution is -2.37. The lowest BCUT2D eigenvalue weighted by Gasteiger charge is -2.15. The predicted octanol–water partition coefficient (Wildman–Crippen LogP) is 3.03. The minimum atomic E-state index is -0.580. The summed E-state index contributed by atoms with van der Waals surface area (Å²) < 4.78 is 5.72. The van der Waals surface area contributed by atoms with Crippen LogP contribution in [0.15, 0.2) is 47.0 Å². The minimum Gasteiger partial charge on any atom is -0.435 e. The van der Waals surface area contributed by atoms with Gasteiger partial charge in [0.2, 0.25) is 5.89 Å². The monoisotopic (exact) mass is 340 g/mol. The van der Waals surface area contributed by atoms with Crippen molar-refractivity contribution in [2.75, 3.05) is 11.9 Å². The second-order valence-electron chi connectivity index (χ2n) is 6.06. The molecular formula is C18H20N4O3. The van der Waals surface area contributed by atoms with E-state index in [1.807, 2.05) is 32.0 Å². The fraction of sp³-hybridized carbons (Fsp3) is 0.278. The molecule has 0 fully saturated rings. The van der Waals surface area contributed by atoms with Gasteiger partial charge in [-0.1, -0.05) is 19.9 Å². The van der Waals surface area contributed by atoms with Gasteiger partial charge in [-0.15, -0.1) is 0 Å². The molecule has 25 heavy (non-hydrogen) atoms. The first-order valence-corrected chi connectivity index (χ1v) is 8.08. The second kappa shape index (κ2) is 7.31. The van der Waals surface area contributed by atoms with E-state index in [4.69, 9.17) is 4.42 Å². The molecule has 3 rings (SSSR count). The third-order valence-electron chi connectivity index (χ3n) is 3.77. The SMILES string of the molecule is CC(C)[C@@H](O)CNC(=O)Nc1ccc2nc(-c3ccccn3)oc2c1. The van der Waals surface area contributed by atoms with Crippen LogP contribution in [0.1, 0.15) is 13.8 Å². The van der Waals surface area contributed by atoms with Crippen molar-refractivity contribution in [3.63, 3.8) is 0 Å². The Bertz CT molecular complexity index is 861. The number of nitrogens with one attached hydrogen (secondary N) is 2. The summed E-state index contributed by atoms with van der Waals surface area (Å²) in [5, 5.41) is 15.1. The molecule has 3 aromatic rings. The van der Waals surface area contributed by atoms with Crippen LogP contribution in [0.25, 0.3) is 22.7 Å². The fourth-order valence-electron chi connectivity index (χ4n) is 2.21. The Labute approximate surface area is 145 Å². The third-order valence-corrected chi connectivity index (χ3v) is 3.77. The molecule has 0 saturated heterocycles. The van der Waals surface area contributed by atoms with Crippen LogP contribution in [0.4, 0.5) is 10.5 Å². The van der Waals surface area contributed by atoms with E-state index in [2.05, 4.69) is 20.6 Å². The summed E-state index contributed by atoms with van der Waals surface area (Å²) >= 11 is 0. The van der Waals surface area contributed by atoms with Gasteiger partial charge in [0.05, 0.1) is 6.10 Å². The molecule has 0 saturated carbocycles. The average Bonchev–Trinajstić information content (AvgIpc) is 3.03. The Morgan fingerprint density at radius 1 is 1.28 bits per heavy atom. The molecule has 0 bridgehead atoms. The van der Waals surface area contributed by atoms with Crippen molar-refractivity contribution < 1.29 is 14.3 Å². The largest absolute Gasteiger partial charge is 0.435 e. The highest BCUT2D eigenvalue weighted by atomic mass is 16.3. The standard InChI is InChI=1S/C18H20N4O3/c1-11(2)15(23)10-20-18(24)21-12-6-7-13-16(9-12)25-17(22-13)14-5-3-4-8-19-14/h3-9,11,15,23H,10H2,1-2H3,(H2,20,21,24)/t15-/m0/s1. The molecule has 0 aliphatic rings. The van der Waals surface area contributed by atoms with Crippen molar-refractivity contribution in [1.29, 1.82) is 0 Å². The zero-order valence-corrected chi connectivity index (χ0v) is 14.1. The van der Waals surface area contributed by atoms with Crippen LogP contribution in [0.3, 0.4) is 0 Å². The smallest absolute Gasteiger partial charge is 0.319 e. The van der Waals surface area contributed by atoms with Crippen molar-refractivity contribution in [2.45, 2.75) is 20.0 Å². The van der Waals surface area contributed by atoms with Crippen LogP contribution in [0.2, 0.25) is 0 Å². The summed E-state index contributed by atoms with van der Waals surface area (Å²) in [6.45, 7) is 3.97. The Morgan fingerprint density at radius 3 is 2.84 bits per heavy atom. The molecule has 7 nitrogen and oxygen atoms in total. The summed E-state index contributed by atoms with van der Waals surface area (Å²) in [6.07, 6.45) is 1.09. The number of oxazole rings is 1. The van der Waals surface area contributed by atoms with Crippen LogP contribution in [-0.4, -0.2) is 33.8 Å². The van der Waals surface area contributed by atoms with Gasteiger partial charge in [-0.2, -0.15) is 0 Å². The van der Waals surface area contributed by atoms with Crippen molar-refractivity contribution in [1.82, 2.24) is 15.3 Å². The Balaban J connectivity index is 1.70. The van der Waals surface area contributed by atoms with Crippen LogP contribution in [0.5, 0.6) is 0 Å². The van der Waals surface area contributed by atoms with Crippen molar-refractivity contribution in [3.8, 4) is 11.6 Å². The van der Waals surface area contributed by atoms with Crippen molar-refractivity contribution >= 4 is 22.8 Å². The molecule has 2 amide bonds. The number of carbonyl (C=O) groups is 1. The van der Waals surface area contributed by atoms with E-state index in [1.54, 1.807) is 24.4 Å². The van der Waals surface area contributed by atoms with Gasteiger partial charge in [-0.3, -0.25) is 4.98 Å². The summed E-state index contributed by atoms with van der Waals surface area (Å²) in [5.41, 5.74) is 2.46. The molecule has 130 valence electrons. The summed E-state index contributed by atoms with van der Waals surface area (Å²) in [6, 6.07) is 10.3. The maximum absolute atomic E-state index is 11.9. The first kappa shape index (κ1) is 16.9. The molecular weight excluding hydrogens is 320 g/mol. The number of nitrogens with zero attached hydrogens (tertiary/aromatic N) is 2. The van der Waals surface area contributed by atoms with E-state index in [-0.39, 0.29) is 18.5 Å². The van der Waals surface area contributed by atoms with E-state index in [0.29, 0.717) is 28.4 Å². The van der Waals surface area contributed by atoms with E-state index in [0.717, 1.165) is 0 Å². The molecule has 0 radical (unpaired) electrons. The van der Waals surface area contributed by atoms with Crippen molar-refractivity contribution in [3.05, 3.63) is 42.6 Å². The maximum atomic E-state index is 11.9. The van der Waals surface area contributed by atoms with E-state index in [9.17, 15) is 9.90 Å². The van der Waals surface area contributed by atoms with Crippen LogP contribution >= 0.6 is 0 Å². The quantitative estimate of drug-likeness (QED) is 0.663. The van der Waals surface area contributed by atoms with Crippen molar-refractivity contribution in [2.24, 2.45) is 5.92 Å². The normalized spacial score (nSPS) is 12.3. The average molecular weight is 340 g/mol. The number of benzene rings is 1. The minimum absolute atomic E-state index is 0.0795. The molecule has 3 N–H and O–H groups in total. The van der Waals surface area contributed by atoms with Gasteiger partial charge in [0.1, 0.15) is 11.2 Å². The Morgan fingerprint density at radius 2 is 2.12 bits per heavy atom. The number of urea groups is 1. The lowest BCUT2D eigenvalue weighted by molar-refractivity contribution is 0.126. The number of hydrogen-bond acceptors (Lipinski definition) is 5. The maximum Gasteiger partial charge on any atom is 0.319 e. The first-order chi connectivity index (χ1) is 12.0. The van der Waals surface area contributed by atoms with Crippen LogP contribution in [-0.2, 0) is 0 Å². The number of carbonyl (C=O) groups excluding carboxylic acids is 1. The van der Waals surface area contributed by atoms with Crippen LogP contribution < -0.4 is 10.6 Å². The molecule has 2 heterocycles. The summed E-state index contributed by atoms with van der Waals surface area (Å²) in [4.78, 5) is 20.5. The molecule has 0 unspecified atom stereocenters. The molecule has 1 aromatic carbocycles. The number of aliphatic hydroxyl groups excluding tert-OH is 1. The van der Waals surface area contributed by atoms with Gasteiger partial charge in [0.25, 0.3) is 0 Å². The third kappa shape index (κ3) is 4.13. The fourth-order valence-corrected chi connectivity index (χ4v) is 2.21. The van der Waals surface area contributed by atoms with Gasteiger partial charge in [0.15, 0.2) is 5.58 Å². The van der Waals surface area contributed by atoms with E-state index in [1.165, 1.54) is 0 Å². The summed E-state index contributed by atoms with van der Waals surface area (Å²) in [7, 11) is 0. The lowest BCUT2D eigenvalue weighted by atomic mass is 10.1. The Kier molecular flexibility index (Phi) is 4.95. The molecule has 1 atom stereocenters. The Hall–Kier alpha value is -2.93. The highest BCUT2D eigenvalue weighted by Gasteiger charge is 2.12. The first-order valence-electron chi connectivity index (χ1n) is 8.08. The number of fused-ring (bicyclic) bond motifs is 1. The van der Waals surface area contributed by atoms with Gasteiger partial charge in [-0.25, -0.2) is 9.78 Å². The number of pyridine rings is 1. The zero-order valence-electron chi connectivity index (χ0n) is 14.1.